The normalized spacial score (nSPS) is 12.0. The van der Waals surface area contributed by atoms with E-state index in [0.717, 1.165) is 0 Å². The number of halogens is 2. The summed E-state index contributed by atoms with van der Waals surface area (Å²) in [5.74, 6) is -3.76. The molecule has 0 radical (unpaired) electrons. The molecule has 0 spiro atoms. The van der Waals surface area contributed by atoms with E-state index in [4.69, 9.17) is 5.11 Å². The third-order valence-corrected chi connectivity index (χ3v) is 2.52. The van der Waals surface area contributed by atoms with Gasteiger partial charge in [0.25, 0.3) is 5.91 Å². The molecule has 1 aromatic rings. The first-order valence-electron chi connectivity index (χ1n) is 6.14. The molecular weight excluding hydrogens is 288 g/mol. The number of nitrogens with one attached hydrogen (secondary N) is 2. The van der Waals surface area contributed by atoms with Crippen LogP contribution in [0.2, 0.25) is 0 Å². The van der Waals surface area contributed by atoms with Crippen LogP contribution in [0.25, 0.3) is 0 Å². The fraction of sp³-hybridized carbons (Fsp3) is 0.417. The molecule has 0 bridgehead atoms. The van der Waals surface area contributed by atoms with Crippen molar-refractivity contribution in [2.45, 2.75) is 13.0 Å². The number of rotatable bonds is 7. The lowest BCUT2D eigenvalue weighted by Gasteiger charge is -2.09. The quantitative estimate of drug-likeness (QED) is 0.388. The van der Waals surface area contributed by atoms with Gasteiger partial charge < -0.3 is 15.7 Å². The van der Waals surface area contributed by atoms with Gasteiger partial charge in [-0.2, -0.15) is 4.39 Å². The molecule has 1 aromatic carbocycles. The van der Waals surface area contributed by atoms with Gasteiger partial charge >= 0.3 is 5.69 Å². The van der Waals surface area contributed by atoms with E-state index in [2.05, 4.69) is 10.6 Å². The van der Waals surface area contributed by atoms with Crippen molar-refractivity contribution in [1.82, 2.24) is 10.6 Å². The molecule has 0 saturated heterocycles. The van der Waals surface area contributed by atoms with Gasteiger partial charge in [0.2, 0.25) is 5.82 Å². The Morgan fingerprint density at radius 3 is 2.67 bits per heavy atom. The van der Waals surface area contributed by atoms with Crippen LogP contribution in [0, 0.1) is 21.7 Å². The minimum atomic E-state index is -1.51. The molecule has 7 nitrogen and oxygen atoms in total. The van der Waals surface area contributed by atoms with Gasteiger partial charge in [-0.05, 0) is 13.0 Å². The first-order valence-corrected chi connectivity index (χ1v) is 6.14. The second kappa shape index (κ2) is 7.60. The van der Waals surface area contributed by atoms with Crippen LogP contribution in [-0.4, -0.2) is 41.7 Å². The molecule has 9 heteroatoms. The summed E-state index contributed by atoms with van der Waals surface area (Å²) >= 11 is 0. The minimum absolute atomic E-state index is 0.0487. The number of hydrogen-bond donors (Lipinski definition) is 3. The third kappa shape index (κ3) is 4.72. The number of benzene rings is 1. The SMILES string of the molecule is CC(O)CNCCNC(=O)c1c(F)ccc([N+](=O)[O-])c1F. The van der Waals surface area contributed by atoms with Gasteiger partial charge in [0.15, 0.2) is 0 Å². The fourth-order valence-corrected chi connectivity index (χ4v) is 1.55. The molecule has 1 amide bonds. The lowest BCUT2D eigenvalue weighted by atomic mass is 10.1. The molecule has 0 aliphatic rings. The van der Waals surface area contributed by atoms with Gasteiger partial charge in [-0.1, -0.05) is 0 Å². The minimum Gasteiger partial charge on any atom is -0.392 e. The molecule has 1 rings (SSSR count). The number of nitro groups is 1. The average molecular weight is 303 g/mol. The van der Waals surface area contributed by atoms with Crippen molar-refractivity contribution in [1.29, 1.82) is 0 Å². The van der Waals surface area contributed by atoms with Gasteiger partial charge in [0.05, 0.1) is 11.0 Å². The maximum atomic E-state index is 13.7. The Balaban J connectivity index is 2.70. The van der Waals surface area contributed by atoms with E-state index >= 15 is 0 Å². The topological polar surface area (TPSA) is 104 Å². The van der Waals surface area contributed by atoms with Crippen LogP contribution >= 0.6 is 0 Å². The van der Waals surface area contributed by atoms with E-state index in [-0.39, 0.29) is 13.1 Å². The van der Waals surface area contributed by atoms with Crippen molar-refractivity contribution in [3.8, 4) is 0 Å². The molecule has 0 fully saturated rings. The molecule has 1 atom stereocenters. The van der Waals surface area contributed by atoms with Crippen molar-refractivity contribution in [2.24, 2.45) is 0 Å². The Morgan fingerprint density at radius 2 is 2.10 bits per heavy atom. The standard InChI is InChI=1S/C12H15F2N3O4/c1-7(18)6-15-4-5-16-12(19)10-8(13)2-3-9(11(10)14)17(20)21/h2-3,7,15,18H,4-6H2,1H3,(H,16,19). The zero-order chi connectivity index (χ0) is 16.0. The Labute approximate surface area is 119 Å². The lowest BCUT2D eigenvalue weighted by Crippen LogP contribution is -2.35. The Hall–Kier alpha value is -2.13. The first-order chi connectivity index (χ1) is 9.84. The summed E-state index contributed by atoms with van der Waals surface area (Å²) in [6.07, 6.45) is -0.563. The number of nitrogens with zero attached hydrogens (tertiary/aromatic N) is 1. The van der Waals surface area contributed by atoms with Crippen LogP contribution in [-0.2, 0) is 0 Å². The second-order valence-corrected chi connectivity index (χ2v) is 4.32. The lowest BCUT2D eigenvalue weighted by molar-refractivity contribution is -0.387. The summed E-state index contributed by atoms with van der Waals surface area (Å²) < 4.78 is 27.2. The van der Waals surface area contributed by atoms with Crippen molar-refractivity contribution < 1.29 is 23.6 Å². The molecule has 0 aromatic heterocycles. The molecule has 21 heavy (non-hydrogen) atoms. The third-order valence-electron chi connectivity index (χ3n) is 2.52. The van der Waals surface area contributed by atoms with Crippen LogP contribution in [0.15, 0.2) is 12.1 Å². The van der Waals surface area contributed by atoms with E-state index in [1.54, 1.807) is 6.92 Å². The van der Waals surface area contributed by atoms with E-state index in [1.807, 2.05) is 0 Å². The van der Waals surface area contributed by atoms with Crippen molar-refractivity contribution in [3.05, 3.63) is 39.4 Å². The van der Waals surface area contributed by atoms with Crippen LogP contribution in [0.3, 0.4) is 0 Å². The van der Waals surface area contributed by atoms with Crippen LogP contribution in [0.4, 0.5) is 14.5 Å². The summed E-state index contributed by atoms with van der Waals surface area (Å²) in [7, 11) is 0. The zero-order valence-electron chi connectivity index (χ0n) is 11.2. The van der Waals surface area contributed by atoms with Crippen LogP contribution in [0.5, 0.6) is 0 Å². The second-order valence-electron chi connectivity index (χ2n) is 4.32. The summed E-state index contributed by atoms with van der Waals surface area (Å²) in [4.78, 5) is 21.2. The highest BCUT2D eigenvalue weighted by atomic mass is 19.1. The number of amides is 1. The fourth-order valence-electron chi connectivity index (χ4n) is 1.55. The highest BCUT2D eigenvalue weighted by Gasteiger charge is 2.25. The van der Waals surface area contributed by atoms with Gasteiger partial charge in [0, 0.05) is 25.7 Å². The number of carbonyl (C=O) groups excluding carboxylic acids is 1. The highest BCUT2D eigenvalue weighted by Crippen LogP contribution is 2.22. The summed E-state index contributed by atoms with van der Waals surface area (Å²) in [5.41, 5.74) is -1.95. The predicted octanol–water partition coefficient (Wildman–Crippen LogP) is 0.573. The first kappa shape index (κ1) is 16.9. The molecule has 0 aliphatic heterocycles. The van der Waals surface area contributed by atoms with E-state index in [0.29, 0.717) is 18.7 Å². The number of aliphatic hydroxyl groups excluding tert-OH is 1. The smallest absolute Gasteiger partial charge is 0.305 e. The Bertz CT molecular complexity index is 537. The largest absolute Gasteiger partial charge is 0.392 e. The Kier molecular flexibility index (Phi) is 6.12. The average Bonchev–Trinajstić information content (AvgIpc) is 2.37. The maximum Gasteiger partial charge on any atom is 0.305 e. The van der Waals surface area contributed by atoms with Gasteiger partial charge in [-0.3, -0.25) is 14.9 Å². The molecule has 3 N–H and O–H groups in total. The van der Waals surface area contributed by atoms with E-state index in [9.17, 15) is 23.7 Å². The Morgan fingerprint density at radius 1 is 1.43 bits per heavy atom. The summed E-state index contributed by atoms with van der Waals surface area (Å²) in [5, 5.41) is 24.6. The molecular formula is C12H15F2N3O4. The van der Waals surface area contributed by atoms with E-state index in [1.165, 1.54) is 0 Å². The van der Waals surface area contributed by atoms with Crippen molar-refractivity contribution in [2.75, 3.05) is 19.6 Å². The summed E-state index contributed by atoms with van der Waals surface area (Å²) in [6.45, 7) is 2.19. The van der Waals surface area contributed by atoms with Crippen molar-refractivity contribution in [3.63, 3.8) is 0 Å². The van der Waals surface area contributed by atoms with Crippen LogP contribution < -0.4 is 10.6 Å². The highest BCUT2D eigenvalue weighted by molar-refractivity contribution is 5.95. The van der Waals surface area contributed by atoms with Crippen molar-refractivity contribution >= 4 is 11.6 Å². The summed E-state index contributed by atoms with van der Waals surface area (Å²) in [6, 6.07) is 1.33. The maximum absolute atomic E-state index is 13.7. The molecule has 1 unspecified atom stereocenters. The van der Waals surface area contributed by atoms with Gasteiger partial charge in [-0.15, -0.1) is 0 Å². The zero-order valence-corrected chi connectivity index (χ0v) is 11.2. The molecule has 0 saturated carbocycles. The number of carbonyl (C=O) groups is 1. The number of nitro benzene ring substituents is 1. The predicted molar refractivity (Wildman–Crippen MR) is 69.9 cm³/mol. The molecule has 0 aliphatic carbocycles. The molecule has 116 valence electrons. The van der Waals surface area contributed by atoms with Gasteiger partial charge in [-0.25, -0.2) is 4.39 Å². The van der Waals surface area contributed by atoms with Crippen LogP contribution in [0.1, 0.15) is 17.3 Å². The van der Waals surface area contributed by atoms with Gasteiger partial charge in [0.1, 0.15) is 11.4 Å². The molecule has 0 heterocycles. The number of hydrogen-bond acceptors (Lipinski definition) is 5. The monoisotopic (exact) mass is 303 g/mol. The van der Waals surface area contributed by atoms with E-state index < -0.39 is 39.8 Å². The number of aliphatic hydroxyl groups is 1.